The molecule has 2 aliphatic rings. The second-order valence-corrected chi connectivity index (χ2v) is 6.78. The van der Waals surface area contributed by atoms with E-state index in [9.17, 15) is 9.90 Å². The number of aromatic nitrogens is 2. The molecular weight excluding hydrogens is 306 g/mol. The molecule has 1 heterocycles. The number of aliphatic hydroxyl groups excluding tert-OH is 1. The molecule has 1 amide bonds. The average Bonchev–Trinajstić information content (AvgIpc) is 3.19. The van der Waals surface area contributed by atoms with Gasteiger partial charge in [0.2, 0.25) is 0 Å². The molecule has 2 unspecified atom stereocenters. The van der Waals surface area contributed by atoms with Gasteiger partial charge in [0.15, 0.2) is 5.82 Å². The van der Waals surface area contributed by atoms with Crippen LogP contribution in [0.15, 0.2) is 28.8 Å². The molecule has 0 saturated heterocycles. The smallest absolute Gasteiger partial charge is 0.257 e. The van der Waals surface area contributed by atoms with Crippen molar-refractivity contribution in [1.82, 2.24) is 15.5 Å². The first kappa shape index (κ1) is 15.3. The molecule has 2 saturated carbocycles. The number of carbonyl (C=O) groups excluding carboxylic acids is 1. The van der Waals surface area contributed by atoms with Crippen molar-refractivity contribution in [3.8, 4) is 11.5 Å². The summed E-state index contributed by atoms with van der Waals surface area (Å²) in [6.45, 7) is 0.524. The lowest BCUT2D eigenvalue weighted by molar-refractivity contribution is 0.0917. The molecule has 126 valence electrons. The minimum absolute atomic E-state index is 0.121. The highest BCUT2D eigenvalue weighted by Crippen LogP contribution is 2.38. The Balaban J connectivity index is 1.38. The van der Waals surface area contributed by atoms with Crippen molar-refractivity contribution in [3.63, 3.8) is 0 Å². The van der Waals surface area contributed by atoms with Crippen LogP contribution in [0.1, 0.15) is 54.2 Å². The highest BCUT2D eigenvalue weighted by atomic mass is 16.5. The SMILES string of the molecule is O=C(NCC1CCCC1O)c1ccc(-c2nc(C3CC3)no2)cc1. The van der Waals surface area contributed by atoms with Gasteiger partial charge in [0.1, 0.15) is 0 Å². The van der Waals surface area contributed by atoms with Gasteiger partial charge >= 0.3 is 0 Å². The predicted molar refractivity (Wildman–Crippen MR) is 87.4 cm³/mol. The molecule has 1 aromatic carbocycles. The summed E-state index contributed by atoms with van der Waals surface area (Å²) in [5, 5.41) is 16.7. The van der Waals surface area contributed by atoms with E-state index >= 15 is 0 Å². The molecular formula is C18H21N3O3. The van der Waals surface area contributed by atoms with Crippen LogP contribution in [0.2, 0.25) is 0 Å². The van der Waals surface area contributed by atoms with Gasteiger partial charge in [-0.05, 0) is 49.9 Å². The van der Waals surface area contributed by atoms with Crippen LogP contribution in [0.3, 0.4) is 0 Å². The number of rotatable bonds is 5. The van der Waals surface area contributed by atoms with Crippen LogP contribution in [0.5, 0.6) is 0 Å². The topological polar surface area (TPSA) is 88.2 Å². The van der Waals surface area contributed by atoms with Crippen LogP contribution in [-0.2, 0) is 0 Å². The zero-order chi connectivity index (χ0) is 16.5. The molecule has 4 rings (SSSR count). The summed E-state index contributed by atoms with van der Waals surface area (Å²) in [6.07, 6.45) is 4.82. The maximum absolute atomic E-state index is 12.2. The predicted octanol–water partition coefficient (Wildman–Crippen LogP) is 2.50. The van der Waals surface area contributed by atoms with Crippen molar-refractivity contribution in [2.45, 2.75) is 44.1 Å². The third-order valence-electron chi connectivity index (χ3n) is 4.92. The Morgan fingerprint density at radius 1 is 1.21 bits per heavy atom. The molecule has 2 aromatic rings. The van der Waals surface area contributed by atoms with Crippen molar-refractivity contribution in [2.24, 2.45) is 5.92 Å². The first-order chi connectivity index (χ1) is 11.7. The highest BCUT2D eigenvalue weighted by Gasteiger charge is 2.29. The largest absolute Gasteiger partial charge is 0.393 e. The Morgan fingerprint density at radius 3 is 2.67 bits per heavy atom. The van der Waals surface area contributed by atoms with E-state index in [0.29, 0.717) is 23.9 Å². The molecule has 2 atom stereocenters. The lowest BCUT2D eigenvalue weighted by Crippen LogP contribution is -2.32. The maximum atomic E-state index is 12.2. The standard InChI is InChI=1S/C18H21N3O3/c22-15-3-1-2-14(15)10-19-17(23)12-6-8-13(9-7-12)18-20-16(21-24-18)11-4-5-11/h6-9,11,14-15,22H,1-5,10H2,(H,19,23). The van der Waals surface area contributed by atoms with E-state index in [2.05, 4.69) is 15.5 Å². The van der Waals surface area contributed by atoms with E-state index in [1.807, 2.05) is 12.1 Å². The fourth-order valence-corrected chi connectivity index (χ4v) is 3.20. The lowest BCUT2D eigenvalue weighted by Gasteiger charge is -2.15. The quantitative estimate of drug-likeness (QED) is 0.881. The second-order valence-electron chi connectivity index (χ2n) is 6.78. The number of benzene rings is 1. The van der Waals surface area contributed by atoms with Crippen molar-refractivity contribution in [2.75, 3.05) is 6.54 Å². The van der Waals surface area contributed by atoms with Crippen molar-refractivity contribution >= 4 is 5.91 Å². The van der Waals surface area contributed by atoms with Gasteiger partial charge in [0.05, 0.1) is 6.10 Å². The summed E-state index contributed by atoms with van der Waals surface area (Å²) in [5.74, 6) is 1.79. The minimum Gasteiger partial charge on any atom is -0.393 e. The zero-order valence-corrected chi connectivity index (χ0v) is 13.4. The van der Waals surface area contributed by atoms with Crippen molar-refractivity contribution < 1.29 is 14.4 Å². The van der Waals surface area contributed by atoms with E-state index in [1.54, 1.807) is 12.1 Å². The minimum atomic E-state index is -0.286. The summed E-state index contributed by atoms with van der Waals surface area (Å²) in [7, 11) is 0. The molecule has 0 bridgehead atoms. The third kappa shape index (κ3) is 3.19. The molecule has 1 aromatic heterocycles. The fourth-order valence-electron chi connectivity index (χ4n) is 3.20. The van der Waals surface area contributed by atoms with Crippen molar-refractivity contribution in [1.29, 1.82) is 0 Å². The summed E-state index contributed by atoms with van der Waals surface area (Å²) in [5.41, 5.74) is 1.41. The number of carbonyl (C=O) groups is 1. The molecule has 6 nitrogen and oxygen atoms in total. The summed E-state index contributed by atoms with van der Waals surface area (Å²) < 4.78 is 5.29. The van der Waals surface area contributed by atoms with E-state index in [4.69, 9.17) is 4.52 Å². The van der Waals surface area contributed by atoms with Gasteiger partial charge < -0.3 is 14.9 Å². The molecule has 6 heteroatoms. The summed E-state index contributed by atoms with van der Waals surface area (Å²) in [6, 6.07) is 7.17. The molecule has 2 fully saturated rings. The number of aliphatic hydroxyl groups is 1. The Bertz CT molecular complexity index is 721. The van der Waals surface area contributed by atoms with Gasteiger partial charge in [-0.1, -0.05) is 11.6 Å². The summed E-state index contributed by atoms with van der Waals surface area (Å²) >= 11 is 0. The average molecular weight is 327 g/mol. The Kier molecular flexibility index (Phi) is 4.06. The molecule has 0 aliphatic heterocycles. The maximum Gasteiger partial charge on any atom is 0.257 e. The zero-order valence-electron chi connectivity index (χ0n) is 13.4. The molecule has 0 radical (unpaired) electrons. The second kappa shape index (κ2) is 6.36. The number of nitrogens with zero attached hydrogens (tertiary/aromatic N) is 2. The van der Waals surface area contributed by atoms with Gasteiger partial charge in [-0.25, -0.2) is 0 Å². The monoisotopic (exact) mass is 327 g/mol. The van der Waals surface area contributed by atoms with Gasteiger partial charge in [0.25, 0.3) is 11.8 Å². The van der Waals surface area contributed by atoms with E-state index in [-0.39, 0.29) is 17.9 Å². The molecule has 2 aliphatic carbocycles. The molecule has 0 spiro atoms. The van der Waals surface area contributed by atoms with Gasteiger partial charge in [-0.3, -0.25) is 4.79 Å². The third-order valence-corrected chi connectivity index (χ3v) is 4.92. The van der Waals surface area contributed by atoms with E-state index in [1.165, 1.54) is 0 Å². The number of hydrogen-bond acceptors (Lipinski definition) is 5. The number of amides is 1. The molecule has 2 N–H and O–H groups in total. The normalized spacial score (nSPS) is 23.4. The van der Waals surface area contributed by atoms with Crippen LogP contribution in [0, 0.1) is 5.92 Å². The van der Waals surface area contributed by atoms with Crippen LogP contribution in [0.4, 0.5) is 0 Å². The fraction of sp³-hybridized carbons (Fsp3) is 0.500. The Morgan fingerprint density at radius 2 is 2.00 bits per heavy atom. The van der Waals surface area contributed by atoms with Crippen LogP contribution in [-0.4, -0.2) is 33.8 Å². The Hall–Kier alpha value is -2.21. The van der Waals surface area contributed by atoms with Crippen LogP contribution in [0.25, 0.3) is 11.5 Å². The lowest BCUT2D eigenvalue weighted by atomic mass is 10.1. The van der Waals surface area contributed by atoms with Crippen LogP contribution >= 0.6 is 0 Å². The number of hydrogen-bond donors (Lipinski definition) is 2. The van der Waals surface area contributed by atoms with E-state index in [0.717, 1.165) is 43.5 Å². The van der Waals surface area contributed by atoms with Gasteiger partial charge in [0, 0.05) is 29.5 Å². The number of nitrogens with one attached hydrogen (secondary N) is 1. The first-order valence-electron chi connectivity index (χ1n) is 8.61. The van der Waals surface area contributed by atoms with Gasteiger partial charge in [-0.2, -0.15) is 4.98 Å². The first-order valence-corrected chi connectivity index (χ1v) is 8.61. The summed E-state index contributed by atoms with van der Waals surface area (Å²) in [4.78, 5) is 16.6. The molecule has 24 heavy (non-hydrogen) atoms. The van der Waals surface area contributed by atoms with Crippen molar-refractivity contribution in [3.05, 3.63) is 35.7 Å². The van der Waals surface area contributed by atoms with Gasteiger partial charge in [-0.15, -0.1) is 0 Å². The highest BCUT2D eigenvalue weighted by molar-refractivity contribution is 5.94. The Labute approximate surface area is 140 Å². The van der Waals surface area contributed by atoms with Crippen LogP contribution < -0.4 is 5.32 Å². The van der Waals surface area contributed by atoms with E-state index < -0.39 is 0 Å².